The molecular weight excluding hydrogens is 362 g/mol. The van der Waals surface area contributed by atoms with Gasteiger partial charge in [-0.15, -0.1) is 0 Å². The number of amides is 1. The van der Waals surface area contributed by atoms with Gasteiger partial charge >= 0.3 is 0 Å². The van der Waals surface area contributed by atoms with Gasteiger partial charge in [-0.05, 0) is 74.2 Å². The molecule has 1 aliphatic heterocycles. The van der Waals surface area contributed by atoms with Gasteiger partial charge in [0.15, 0.2) is 0 Å². The first kappa shape index (κ1) is 20.3. The number of hydrogen-bond acceptors (Lipinski definition) is 4. The number of benzene rings is 1. The molecule has 2 aliphatic rings. The van der Waals surface area contributed by atoms with Gasteiger partial charge in [-0.1, -0.05) is 13.0 Å². The summed E-state index contributed by atoms with van der Waals surface area (Å²) in [6, 6.07) is 5.57. The molecular formula is C20H31N3O3S. The van der Waals surface area contributed by atoms with Crippen molar-refractivity contribution in [2.24, 2.45) is 17.6 Å². The smallest absolute Gasteiger partial charge is 0.243 e. The van der Waals surface area contributed by atoms with Crippen LogP contribution in [0.2, 0.25) is 0 Å². The van der Waals surface area contributed by atoms with E-state index in [-0.39, 0.29) is 17.7 Å². The van der Waals surface area contributed by atoms with Crippen LogP contribution in [-0.2, 0) is 27.7 Å². The van der Waals surface area contributed by atoms with E-state index in [1.165, 1.54) is 21.9 Å². The summed E-state index contributed by atoms with van der Waals surface area (Å²) in [4.78, 5) is 12.7. The number of carbonyl (C=O) groups excluding carboxylic acids is 1. The largest absolute Gasteiger partial charge is 0.356 e. The summed E-state index contributed by atoms with van der Waals surface area (Å²) in [6.07, 6.45) is 5.43. The lowest BCUT2D eigenvalue weighted by atomic mass is 9.92. The van der Waals surface area contributed by atoms with Crippen LogP contribution < -0.4 is 11.1 Å². The van der Waals surface area contributed by atoms with Crippen LogP contribution in [0.25, 0.3) is 0 Å². The fourth-order valence-electron chi connectivity index (χ4n) is 3.88. The van der Waals surface area contributed by atoms with Crippen LogP contribution >= 0.6 is 0 Å². The highest BCUT2D eigenvalue weighted by Gasteiger charge is 2.32. The van der Waals surface area contributed by atoms with E-state index in [0.717, 1.165) is 19.3 Å². The summed E-state index contributed by atoms with van der Waals surface area (Å²) >= 11 is 0. The van der Waals surface area contributed by atoms with Crippen LogP contribution in [-0.4, -0.2) is 44.8 Å². The molecule has 0 bridgehead atoms. The normalized spacial score (nSPS) is 20.1. The van der Waals surface area contributed by atoms with Crippen molar-refractivity contribution in [2.45, 2.75) is 50.3 Å². The molecule has 150 valence electrons. The third-order valence-electron chi connectivity index (χ3n) is 5.81. The highest BCUT2D eigenvalue weighted by Crippen LogP contribution is 2.28. The summed E-state index contributed by atoms with van der Waals surface area (Å²) in [5, 5.41) is 2.94. The Labute approximate surface area is 162 Å². The van der Waals surface area contributed by atoms with Gasteiger partial charge < -0.3 is 11.1 Å². The minimum absolute atomic E-state index is 0.0149. The minimum atomic E-state index is -3.49. The van der Waals surface area contributed by atoms with Crippen molar-refractivity contribution in [3.8, 4) is 0 Å². The highest BCUT2D eigenvalue weighted by molar-refractivity contribution is 7.89. The van der Waals surface area contributed by atoms with E-state index in [2.05, 4.69) is 5.32 Å². The average Bonchev–Trinajstić information content (AvgIpc) is 2.71. The monoisotopic (exact) mass is 393 g/mol. The molecule has 1 atom stereocenters. The van der Waals surface area contributed by atoms with Crippen molar-refractivity contribution in [1.82, 2.24) is 9.62 Å². The first-order valence-corrected chi connectivity index (χ1v) is 11.5. The Morgan fingerprint density at radius 3 is 2.56 bits per heavy atom. The summed E-state index contributed by atoms with van der Waals surface area (Å²) < 4.78 is 27.6. The molecule has 1 fully saturated rings. The molecule has 7 heteroatoms. The third-order valence-corrected chi connectivity index (χ3v) is 7.70. The van der Waals surface area contributed by atoms with Crippen LogP contribution in [0.1, 0.15) is 43.7 Å². The molecule has 3 rings (SSSR count). The Morgan fingerprint density at radius 2 is 1.89 bits per heavy atom. The van der Waals surface area contributed by atoms with Gasteiger partial charge in [0, 0.05) is 25.6 Å². The molecule has 0 spiro atoms. The average molecular weight is 394 g/mol. The van der Waals surface area contributed by atoms with Crippen molar-refractivity contribution in [3.63, 3.8) is 0 Å². The Kier molecular flexibility index (Phi) is 6.55. The predicted molar refractivity (Wildman–Crippen MR) is 106 cm³/mol. The van der Waals surface area contributed by atoms with Crippen molar-refractivity contribution in [3.05, 3.63) is 29.3 Å². The molecule has 0 saturated carbocycles. The number of piperidine rings is 1. The van der Waals surface area contributed by atoms with Gasteiger partial charge in [0.25, 0.3) is 0 Å². The second-order valence-corrected chi connectivity index (χ2v) is 9.84. The zero-order valence-corrected chi connectivity index (χ0v) is 16.9. The third kappa shape index (κ3) is 4.70. The standard InChI is InChI=1S/C20H31N3O3S/c1-15(13-21)14-22-20(24)17-8-10-23(11-9-17)27(25,26)19-7-6-16-4-2-3-5-18(16)12-19/h6-7,12,15,17H,2-5,8-11,13-14,21H2,1H3,(H,22,24). The van der Waals surface area contributed by atoms with Gasteiger partial charge in [0.2, 0.25) is 15.9 Å². The maximum absolute atomic E-state index is 13.0. The molecule has 27 heavy (non-hydrogen) atoms. The van der Waals surface area contributed by atoms with E-state index in [4.69, 9.17) is 5.73 Å². The van der Waals surface area contributed by atoms with Crippen LogP contribution in [0.4, 0.5) is 0 Å². The number of aryl methyl sites for hydroxylation is 2. The first-order valence-electron chi connectivity index (χ1n) is 10.0. The zero-order chi connectivity index (χ0) is 19.4. The summed E-state index contributed by atoms with van der Waals surface area (Å²) in [5.41, 5.74) is 8.03. The lowest BCUT2D eigenvalue weighted by Crippen LogP contribution is -2.44. The predicted octanol–water partition coefficient (Wildman–Crippen LogP) is 1.68. The second-order valence-electron chi connectivity index (χ2n) is 7.90. The Bertz CT molecular complexity index is 771. The quantitative estimate of drug-likeness (QED) is 0.769. The lowest BCUT2D eigenvalue weighted by Gasteiger charge is -2.31. The van der Waals surface area contributed by atoms with Gasteiger partial charge in [0.05, 0.1) is 4.90 Å². The maximum Gasteiger partial charge on any atom is 0.243 e. The SMILES string of the molecule is CC(CN)CNC(=O)C1CCN(S(=O)(=O)c2ccc3c(c2)CCCC3)CC1. The summed E-state index contributed by atoms with van der Waals surface area (Å²) in [6.45, 7) is 3.89. The van der Waals surface area contributed by atoms with E-state index in [0.29, 0.717) is 43.9 Å². The number of hydrogen-bond donors (Lipinski definition) is 2. The topological polar surface area (TPSA) is 92.5 Å². The number of sulfonamides is 1. The van der Waals surface area contributed by atoms with Gasteiger partial charge in [0.1, 0.15) is 0 Å². The van der Waals surface area contributed by atoms with E-state index in [1.54, 1.807) is 6.07 Å². The molecule has 1 aliphatic carbocycles. The molecule has 1 unspecified atom stereocenters. The summed E-state index contributed by atoms with van der Waals surface area (Å²) in [7, 11) is -3.49. The van der Waals surface area contributed by atoms with Gasteiger partial charge in [-0.2, -0.15) is 4.31 Å². The molecule has 3 N–H and O–H groups in total. The summed E-state index contributed by atoms with van der Waals surface area (Å²) in [5.74, 6) is 0.143. The number of nitrogens with two attached hydrogens (primary N) is 1. The van der Waals surface area contributed by atoms with Crippen LogP contribution in [0.15, 0.2) is 23.1 Å². The highest BCUT2D eigenvalue weighted by atomic mass is 32.2. The van der Waals surface area contributed by atoms with E-state index in [1.807, 2.05) is 19.1 Å². The van der Waals surface area contributed by atoms with Gasteiger partial charge in [-0.3, -0.25) is 4.79 Å². The molecule has 1 aromatic carbocycles. The van der Waals surface area contributed by atoms with Crippen molar-refractivity contribution in [1.29, 1.82) is 0 Å². The lowest BCUT2D eigenvalue weighted by molar-refractivity contribution is -0.126. The van der Waals surface area contributed by atoms with E-state index < -0.39 is 10.0 Å². The second kappa shape index (κ2) is 8.71. The number of nitrogens with one attached hydrogen (secondary N) is 1. The van der Waals surface area contributed by atoms with Crippen molar-refractivity contribution in [2.75, 3.05) is 26.2 Å². The molecule has 0 aromatic heterocycles. The Morgan fingerprint density at radius 1 is 1.22 bits per heavy atom. The molecule has 0 radical (unpaired) electrons. The number of nitrogens with zero attached hydrogens (tertiary/aromatic N) is 1. The minimum Gasteiger partial charge on any atom is -0.356 e. The van der Waals surface area contributed by atoms with E-state index in [9.17, 15) is 13.2 Å². The van der Waals surface area contributed by atoms with Crippen molar-refractivity contribution >= 4 is 15.9 Å². The Balaban J connectivity index is 1.60. The van der Waals surface area contributed by atoms with Crippen LogP contribution in [0.5, 0.6) is 0 Å². The Hall–Kier alpha value is -1.44. The number of rotatable bonds is 6. The first-order chi connectivity index (χ1) is 12.9. The van der Waals surface area contributed by atoms with E-state index >= 15 is 0 Å². The number of fused-ring (bicyclic) bond motifs is 1. The fraction of sp³-hybridized carbons (Fsp3) is 0.650. The molecule has 1 aromatic rings. The molecule has 1 saturated heterocycles. The van der Waals surface area contributed by atoms with Crippen LogP contribution in [0, 0.1) is 11.8 Å². The molecule has 1 amide bonds. The zero-order valence-electron chi connectivity index (χ0n) is 16.1. The molecule has 1 heterocycles. The fourth-order valence-corrected chi connectivity index (χ4v) is 5.40. The van der Waals surface area contributed by atoms with Gasteiger partial charge in [-0.25, -0.2) is 8.42 Å². The maximum atomic E-state index is 13.0. The van der Waals surface area contributed by atoms with Crippen molar-refractivity contribution < 1.29 is 13.2 Å². The molecule has 6 nitrogen and oxygen atoms in total. The number of carbonyl (C=O) groups is 1. The van der Waals surface area contributed by atoms with Crippen LogP contribution in [0.3, 0.4) is 0 Å².